The van der Waals surface area contributed by atoms with E-state index in [1.165, 1.54) is 28.4 Å². The lowest BCUT2D eigenvalue weighted by Crippen LogP contribution is -2.43. The number of hydrogen-bond acceptors (Lipinski definition) is 4. The van der Waals surface area contributed by atoms with Crippen LogP contribution in [-0.2, 0) is 16.0 Å². The molecule has 5 nitrogen and oxygen atoms in total. The molecule has 25 heavy (non-hydrogen) atoms. The predicted molar refractivity (Wildman–Crippen MR) is 96.7 cm³/mol. The first-order valence-electron chi connectivity index (χ1n) is 8.16. The predicted octanol–water partition coefficient (Wildman–Crippen LogP) is 2.86. The number of likely N-dealkylation sites (N-methyl/N-ethyl adjacent to an activating group) is 1. The molecule has 0 spiro atoms. The summed E-state index contributed by atoms with van der Waals surface area (Å²) in [6, 6.07) is 6.24. The zero-order chi connectivity index (χ0) is 18.4. The number of benzene rings is 1. The molecule has 0 unspecified atom stereocenters. The molecule has 0 saturated carbocycles. The molecule has 0 saturated heterocycles. The van der Waals surface area contributed by atoms with Crippen LogP contribution in [0.1, 0.15) is 26.5 Å². The van der Waals surface area contributed by atoms with Crippen molar-refractivity contribution in [2.24, 2.45) is 0 Å². The van der Waals surface area contributed by atoms with E-state index in [-0.39, 0.29) is 36.6 Å². The molecule has 1 aromatic heterocycles. The van der Waals surface area contributed by atoms with Gasteiger partial charge in [-0.05, 0) is 32.9 Å². The average molecular weight is 363 g/mol. The zero-order valence-electron chi connectivity index (χ0n) is 14.6. The molecule has 0 bridgehead atoms. The minimum atomic E-state index is -0.321. The van der Waals surface area contributed by atoms with Crippen molar-refractivity contribution in [1.29, 1.82) is 0 Å². The average Bonchev–Trinajstić information content (AvgIpc) is 3.00. The van der Waals surface area contributed by atoms with Crippen LogP contribution >= 0.6 is 11.3 Å². The number of carbonyl (C=O) groups excluding carboxylic acids is 2. The number of amides is 2. The van der Waals surface area contributed by atoms with E-state index >= 15 is 0 Å². The van der Waals surface area contributed by atoms with Crippen LogP contribution in [0.5, 0.6) is 0 Å². The van der Waals surface area contributed by atoms with Gasteiger partial charge in [-0.3, -0.25) is 9.59 Å². The smallest absolute Gasteiger partial charge is 0.239 e. The maximum Gasteiger partial charge on any atom is 0.239 e. The molecule has 0 aliphatic carbocycles. The fourth-order valence-corrected chi connectivity index (χ4v) is 3.14. The number of hydrogen-bond donors (Lipinski definition) is 1. The van der Waals surface area contributed by atoms with Gasteiger partial charge in [-0.15, -0.1) is 11.3 Å². The summed E-state index contributed by atoms with van der Waals surface area (Å²) in [5.41, 5.74) is 1.31. The van der Waals surface area contributed by atoms with Gasteiger partial charge in [0.2, 0.25) is 11.8 Å². The van der Waals surface area contributed by atoms with Crippen molar-refractivity contribution in [2.45, 2.75) is 33.2 Å². The molecule has 0 aliphatic heterocycles. The van der Waals surface area contributed by atoms with Gasteiger partial charge in [0, 0.05) is 23.5 Å². The van der Waals surface area contributed by atoms with E-state index in [1.807, 2.05) is 20.8 Å². The summed E-state index contributed by atoms with van der Waals surface area (Å²) in [5, 5.41) is 5.24. The summed E-state index contributed by atoms with van der Waals surface area (Å²) in [7, 11) is 0. The van der Waals surface area contributed by atoms with E-state index in [0.717, 1.165) is 0 Å². The van der Waals surface area contributed by atoms with Crippen molar-refractivity contribution < 1.29 is 14.0 Å². The molecule has 0 aliphatic rings. The lowest BCUT2D eigenvalue weighted by Gasteiger charge is -2.20. The number of thiazole rings is 1. The summed E-state index contributed by atoms with van der Waals surface area (Å²) < 4.78 is 13.3. The SMILES string of the molecule is CCN(CC(=O)NC(C)C)C(=O)Cc1csc(-c2cccc(F)c2)n1. The fraction of sp³-hybridized carbons (Fsp3) is 0.389. The van der Waals surface area contributed by atoms with Crippen molar-refractivity contribution >= 4 is 23.2 Å². The summed E-state index contributed by atoms with van der Waals surface area (Å²) >= 11 is 1.37. The lowest BCUT2D eigenvalue weighted by atomic mass is 10.2. The van der Waals surface area contributed by atoms with Crippen LogP contribution in [0.15, 0.2) is 29.6 Å². The highest BCUT2D eigenvalue weighted by Crippen LogP contribution is 2.24. The number of rotatable bonds is 7. The molecule has 1 heterocycles. The Bertz CT molecular complexity index is 745. The third kappa shape index (κ3) is 5.63. The van der Waals surface area contributed by atoms with Gasteiger partial charge >= 0.3 is 0 Å². The Hall–Kier alpha value is -2.28. The topological polar surface area (TPSA) is 62.3 Å². The van der Waals surface area contributed by atoms with Gasteiger partial charge in [0.1, 0.15) is 10.8 Å². The molecule has 1 N–H and O–H groups in total. The fourth-order valence-electron chi connectivity index (χ4n) is 2.33. The van der Waals surface area contributed by atoms with Gasteiger partial charge in [0.15, 0.2) is 0 Å². The van der Waals surface area contributed by atoms with Crippen molar-refractivity contribution in [3.8, 4) is 10.6 Å². The zero-order valence-corrected chi connectivity index (χ0v) is 15.4. The van der Waals surface area contributed by atoms with Crippen LogP contribution in [0.4, 0.5) is 4.39 Å². The second-order valence-electron chi connectivity index (χ2n) is 5.96. The molecule has 2 amide bonds. The molecule has 0 radical (unpaired) electrons. The maximum absolute atomic E-state index is 13.3. The Balaban J connectivity index is 2.01. The number of nitrogens with one attached hydrogen (secondary N) is 1. The molecule has 134 valence electrons. The van der Waals surface area contributed by atoms with Gasteiger partial charge in [0.05, 0.1) is 18.7 Å². The molecular formula is C18H22FN3O2S. The van der Waals surface area contributed by atoms with E-state index in [4.69, 9.17) is 0 Å². The minimum absolute atomic E-state index is 0.0358. The monoisotopic (exact) mass is 363 g/mol. The van der Waals surface area contributed by atoms with Crippen molar-refractivity contribution in [2.75, 3.05) is 13.1 Å². The van der Waals surface area contributed by atoms with E-state index in [0.29, 0.717) is 22.8 Å². The molecule has 2 aromatic rings. The van der Waals surface area contributed by atoms with E-state index < -0.39 is 0 Å². The van der Waals surface area contributed by atoms with Crippen LogP contribution in [0, 0.1) is 5.82 Å². The third-order valence-electron chi connectivity index (χ3n) is 3.47. The first-order valence-corrected chi connectivity index (χ1v) is 9.04. The molecular weight excluding hydrogens is 341 g/mol. The van der Waals surface area contributed by atoms with Crippen LogP contribution in [0.2, 0.25) is 0 Å². The van der Waals surface area contributed by atoms with Crippen LogP contribution < -0.4 is 5.32 Å². The Morgan fingerprint density at radius 1 is 1.36 bits per heavy atom. The molecule has 7 heteroatoms. The summed E-state index contributed by atoms with van der Waals surface area (Å²) in [6.07, 6.45) is 0.120. The number of carbonyl (C=O) groups is 2. The number of aromatic nitrogens is 1. The first-order chi connectivity index (χ1) is 11.9. The van der Waals surface area contributed by atoms with Crippen molar-refractivity contribution in [1.82, 2.24) is 15.2 Å². The van der Waals surface area contributed by atoms with Crippen LogP contribution in [0.25, 0.3) is 10.6 Å². The standard InChI is InChI=1S/C18H22FN3O2S/c1-4-22(10-16(23)20-12(2)3)17(24)9-15-11-25-18(21-15)13-6-5-7-14(19)8-13/h5-8,11-12H,4,9-10H2,1-3H3,(H,20,23). The maximum atomic E-state index is 13.3. The molecule has 1 aromatic carbocycles. The Kier molecular flexibility index (Phi) is 6.64. The number of halogens is 1. The van der Waals surface area contributed by atoms with Gasteiger partial charge < -0.3 is 10.2 Å². The second kappa shape index (κ2) is 8.71. The van der Waals surface area contributed by atoms with Crippen molar-refractivity contribution in [3.63, 3.8) is 0 Å². The van der Waals surface area contributed by atoms with Gasteiger partial charge in [0.25, 0.3) is 0 Å². The number of nitrogens with zero attached hydrogens (tertiary/aromatic N) is 2. The highest BCUT2D eigenvalue weighted by Gasteiger charge is 2.18. The Labute approximate surface area is 150 Å². The van der Waals surface area contributed by atoms with Gasteiger partial charge in [-0.25, -0.2) is 9.37 Å². The normalized spacial score (nSPS) is 10.8. The van der Waals surface area contributed by atoms with E-state index in [1.54, 1.807) is 17.5 Å². The third-order valence-corrected chi connectivity index (χ3v) is 4.41. The van der Waals surface area contributed by atoms with Crippen LogP contribution in [-0.4, -0.2) is 40.8 Å². The van der Waals surface area contributed by atoms with Crippen LogP contribution in [0.3, 0.4) is 0 Å². The molecule has 2 rings (SSSR count). The highest BCUT2D eigenvalue weighted by atomic mass is 32.1. The largest absolute Gasteiger partial charge is 0.352 e. The van der Waals surface area contributed by atoms with E-state index in [9.17, 15) is 14.0 Å². The van der Waals surface area contributed by atoms with Gasteiger partial charge in [-0.1, -0.05) is 12.1 Å². The molecule has 0 atom stereocenters. The Morgan fingerprint density at radius 2 is 2.12 bits per heavy atom. The molecule has 0 fully saturated rings. The van der Waals surface area contributed by atoms with Crippen molar-refractivity contribution in [3.05, 3.63) is 41.2 Å². The van der Waals surface area contributed by atoms with E-state index in [2.05, 4.69) is 10.3 Å². The quantitative estimate of drug-likeness (QED) is 0.823. The van der Waals surface area contributed by atoms with Gasteiger partial charge in [-0.2, -0.15) is 0 Å². The highest BCUT2D eigenvalue weighted by molar-refractivity contribution is 7.13. The first kappa shape index (κ1) is 19.1. The summed E-state index contributed by atoms with van der Waals surface area (Å²) in [5.74, 6) is -0.653. The lowest BCUT2D eigenvalue weighted by molar-refractivity contribution is -0.135. The Morgan fingerprint density at radius 3 is 2.76 bits per heavy atom. The minimum Gasteiger partial charge on any atom is -0.352 e. The summed E-state index contributed by atoms with van der Waals surface area (Å²) in [6.45, 7) is 6.07. The second-order valence-corrected chi connectivity index (χ2v) is 6.82. The summed E-state index contributed by atoms with van der Waals surface area (Å²) in [4.78, 5) is 30.2.